The van der Waals surface area contributed by atoms with E-state index < -0.39 is 0 Å². The Morgan fingerprint density at radius 1 is 0.667 bits per heavy atom. The van der Waals surface area contributed by atoms with Crippen molar-refractivity contribution >= 4 is 39.1 Å². The van der Waals surface area contributed by atoms with Crippen molar-refractivity contribution in [2.75, 3.05) is 10.6 Å². The van der Waals surface area contributed by atoms with Gasteiger partial charge in [-0.3, -0.25) is 9.59 Å². The Balaban J connectivity index is 1.52. The summed E-state index contributed by atoms with van der Waals surface area (Å²) in [5.41, 5.74) is 6.39. The Morgan fingerprint density at radius 3 is 2.06 bits per heavy atom. The molecule has 0 aliphatic carbocycles. The molecule has 2 N–H and O–H groups in total. The standard InChI is InChI=1S/C28H23BrN2O2/c1-18-7-3-4-8-23(18)20-11-13-21(14-12-20)27(32)31-26-10-6-5-9-24(26)28(33)30-25-16-15-22(29)17-19(25)2/h3-17H,1-2H3,(H,30,33)(H,31,32). The van der Waals surface area contributed by atoms with Crippen LogP contribution >= 0.6 is 15.9 Å². The van der Waals surface area contributed by atoms with Crippen LogP contribution in [0.2, 0.25) is 0 Å². The monoisotopic (exact) mass is 498 g/mol. The highest BCUT2D eigenvalue weighted by atomic mass is 79.9. The molecule has 4 nitrogen and oxygen atoms in total. The molecule has 4 aromatic carbocycles. The number of anilines is 2. The van der Waals surface area contributed by atoms with Crippen molar-refractivity contribution < 1.29 is 9.59 Å². The molecule has 0 saturated heterocycles. The van der Waals surface area contributed by atoms with Gasteiger partial charge in [0.05, 0.1) is 11.3 Å². The number of hydrogen-bond donors (Lipinski definition) is 2. The second kappa shape index (κ2) is 9.84. The molecule has 2 amide bonds. The predicted octanol–water partition coefficient (Wildman–Crippen LogP) is 7.24. The average Bonchev–Trinajstić information content (AvgIpc) is 2.81. The number of aryl methyl sites for hydroxylation is 2. The Morgan fingerprint density at radius 2 is 1.33 bits per heavy atom. The fraction of sp³-hybridized carbons (Fsp3) is 0.0714. The fourth-order valence-electron chi connectivity index (χ4n) is 3.64. The molecule has 0 radical (unpaired) electrons. The number of hydrogen-bond acceptors (Lipinski definition) is 2. The van der Waals surface area contributed by atoms with Gasteiger partial charge in [0.15, 0.2) is 0 Å². The molecule has 0 bridgehead atoms. The first-order valence-corrected chi connectivity index (χ1v) is 11.4. The van der Waals surface area contributed by atoms with E-state index in [1.165, 1.54) is 5.56 Å². The highest BCUT2D eigenvalue weighted by Crippen LogP contribution is 2.25. The van der Waals surface area contributed by atoms with Gasteiger partial charge in [-0.05, 0) is 78.6 Å². The summed E-state index contributed by atoms with van der Waals surface area (Å²) in [7, 11) is 0. The molecule has 4 rings (SSSR count). The van der Waals surface area contributed by atoms with Crippen molar-refractivity contribution in [3.8, 4) is 11.1 Å². The molecule has 0 aliphatic heterocycles. The van der Waals surface area contributed by atoms with Gasteiger partial charge in [0, 0.05) is 15.7 Å². The Labute approximate surface area is 201 Å². The number of halogens is 1. The maximum absolute atomic E-state index is 12.9. The van der Waals surface area contributed by atoms with Crippen LogP contribution in [0.25, 0.3) is 11.1 Å². The molecule has 0 heterocycles. The molecule has 5 heteroatoms. The lowest BCUT2D eigenvalue weighted by Gasteiger charge is -2.13. The van der Waals surface area contributed by atoms with E-state index in [9.17, 15) is 9.59 Å². The molecule has 0 spiro atoms. The maximum atomic E-state index is 12.9. The van der Waals surface area contributed by atoms with Crippen LogP contribution in [0, 0.1) is 13.8 Å². The molecule has 0 saturated carbocycles. The van der Waals surface area contributed by atoms with Gasteiger partial charge >= 0.3 is 0 Å². The molecule has 33 heavy (non-hydrogen) atoms. The van der Waals surface area contributed by atoms with Crippen molar-refractivity contribution in [1.82, 2.24) is 0 Å². The van der Waals surface area contributed by atoms with Crippen molar-refractivity contribution in [3.63, 3.8) is 0 Å². The summed E-state index contributed by atoms with van der Waals surface area (Å²) in [6.45, 7) is 3.99. The van der Waals surface area contributed by atoms with Crippen LogP contribution in [0.15, 0.2) is 95.5 Å². The van der Waals surface area contributed by atoms with E-state index in [1.807, 2.05) is 49.4 Å². The lowest BCUT2D eigenvalue weighted by molar-refractivity contribution is 0.102. The minimum atomic E-state index is -0.286. The summed E-state index contributed by atoms with van der Waals surface area (Å²) in [4.78, 5) is 25.9. The van der Waals surface area contributed by atoms with E-state index in [2.05, 4.69) is 45.6 Å². The number of rotatable bonds is 5. The first-order valence-electron chi connectivity index (χ1n) is 10.6. The molecule has 4 aromatic rings. The number of benzene rings is 4. The second-order valence-electron chi connectivity index (χ2n) is 7.81. The van der Waals surface area contributed by atoms with Gasteiger partial charge in [0.1, 0.15) is 0 Å². The highest BCUT2D eigenvalue weighted by molar-refractivity contribution is 9.10. The van der Waals surface area contributed by atoms with Crippen LogP contribution in [-0.2, 0) is 0 Å². The van der Waals surface area contributed by atoms with Crippen LogP contribution in [0.4, 0.5) is 11.4 Å². The normalized spacial score (nSPS) is 10.5. The van der Waals surface area contributed by atoms with Gasteiger partial charge in [-0.1, -0.05) is 64.5 Å². The van der Waals surface area contributed by atoms with Crippen LogP contribution < -0.4 is 10.6 Å². The van der Waals surface area contributed by atoms with Gasteiger partial charge in [0.2, 0.25) is 0 Å². The SMILES string of the molecule is Cc1cc(Br)ccc1NC(=O)c1ccccc1NC(=O)c1ccc(-c2ccccc2C)cc1. The van der Waals surface area contributed by atoms with Gasteiger partial charge in [-0.2, -0.15) is 0 Å². The molecule has 0 aromatic heterocycles. The van der Waals surface area contributed by atoms with E-state index in [4.69, 9.17) is 0 Å². The zero-order chi connectivity index (χ0) is 23.4. The van der Waals surface area contributed by atoms with Crippen LogP contribution in [0.1, 0.15) is 31.8 Å². The minimum Gasteiger partial charge on any atom is -0.322 e. The summed E-state index contributed by atoms with van der Waals surface area (Å²) in [5.74, 6) is -0.558. The van der Waals surface area contributed by atoms with Crippen molar-refractivity contribution in [2.45, 2.75) is 13.8 Å². The molecule has 0 fully saturated rings. The Hall–Kier alpha value is -3.70. The predicted molar refractivity (Wildman–Crippen MR) is 138 cm³/mol. The summed E-state index contributed by atoms with van der Waals surface area (Å²) in [6, 6.07) is 28.2. The average molecular weight is 499 g/mol. The molecule has 0 atom stereocenters. The third-order valence-corrected chi connectivity index (χ3v) is 5.95. The van der Waals surface area contributed by atoms with Crippen molar-refractivity contribution in [1.29, 1.82) is 0 Å². The molecule has 0 aliphatic rings. The van der Waals surface area contributed by atoms with E-state index in [-0.39, 0.29) is 11.8 Å². The lowest BCUT2D eigenvalue weighted by atomic mass is 9.99. The summed E-state index contributed by atoms with van der Waals surface area (Å²) in [6.07, 6.45) is 0. The van der Waals surface area contributed by atoms with E-state index in [1.54, 1.807) is 36.4 Å². The maximum Gasteiger partial charge on any atom is 0.257 e. The smallest absolute Gasteiger partial charge is 0.257 e. The third-order valence-electron chi connectivity index (χ3n) is 5.46. The lowest BCUT2D eigenvalue weighted by Crippen LogP contribution is -2.18. The van der Waals surface area contributed by atoms with Crippen LogP contribution in [0.3, 0.4) is 0 Å². The molecule has 0 unspecified atom stereocenters. The van der Waals surface area contributed by atoms with E-state index in [0.717, 1.165) is 26.9 Å². The Kier molecular flexibility index (Phi) is 6.71. The minimum absolute atomic E-state index is 0.272. The van der Waals surface area contributed by atoms with Gasteiger partial charge in [0.25, 0.3) is 11.8 Å². The molecular weight excluding hydrogens is 476 g/mol. The van der Waals surface area contributed by atoms with Crippen molar-refractivity contribution in [3.05, 3.63) is 118 Å². The number of carbonyl (C=O) groups is 2. The Bertz CT molecular complexity index is 1330. The summed E-state index contributed by atoms with van der Waals surface area (Å²) < 4.78 is 0.944. The molecule has 164 valence electrons. The molecular formula is C28H23BrN2O2. The number of para-hydroxylation sites is 1. The fourth-order valence-corrected chi connectivity index (χ4v) is 4.12. The zero-order valence-electron chi connectivity index (χ0n) is 18.4. The number of amides is 2. The van der Waals surface area contributed by atoms with Crippen LogP contribution in [-0.4, -0.2) is 11.8 Å². The van der Waals surface area contributed by atoms with Crippen LogP contribution in [0.5, 0.6) is 0 Å². The van der Waals surface area contributed by atoms with E-state index in [0.29, 0.717) is 16.8 Å². The first-order chi connectivity index (χ1) is 15.9. The van der Waals surface area contributed by atoms with Gasteiger partial charge in [-0.15, -0.1) is 0 Å². The zero-order valence-corrected chi connectivity index (χ0v) is 19.9. The largest absolute Gasteiger partial charge is 0.322 e. The second-order valence-corrected chi connectivity index (χ2v) is 8.72. The number of nitrogens with one attached hydrogen (secondary N) is 2. The summed E-state index contributed by atoms with van der Waals surface area (Å²) in [5, 5.41) is 5.81. The van der Waals surface area contributed by atoms with E-state index >= 15 is 0 Å². The highest BCUT2D eigenvalue weighted by Gasteiger charge is 2.15. The van der Waals surface area contributed by atoms with Crippen molar-refractivity contribution in [2.24, 2.45) is 0 Å². The van der Waals surface area contributed by atoms with Gasteiger partial charge in [-0.25, -0.2) is 0 Å². The quantitative estimate of drug-likeness (QED) is 0.304. The number of carbonyl (C=O) groups excluding carboxylic acids is 2. The third kappa shape index (κ3) is 5.21. The summed E-state index contributed by atoms with van der Waals surface area (Å²) >= 11 is 3.43. The first kappa shape index (κ1) is 22.5. The topological polar surface area (TPSA) is 58.2 Å². The van der Waals surface area contributed by atoms with Gasteiger partial charge < -0.3 is 10.6 Å².